The Labute approximate surface area is 171 Å². The Kier molecular flexibility index (Phi) is 17.7. The van der Waals surface area contributed by atoms with Crippen LogP contribution < -0.4 is 11.5 Å². The molecule has 0 aliphatic heterocycles. The van der Waals surface area contributed by atoms with Gasteiger partial charge in [0, 0.05) is 6.42 Å². The largest absolute Gasteiger partial charge is 0.368 e. The van der Waals surface area contributed by atoms with Crippen LogP contribution in [0.5, 0.6) is 0 Å². The molecule has 28 heavy (non-hydrogen) atoms. The van der Waals surface area contributed by atoms with Gasteiger partial charge in [0.2, 0.25) is 17.7 Å². The fourth-order valence-electron chi connectivity index (χ4n) is 3.41. The van der Waals surface area contributed by atoms with Crippen molar-refractivity contribution in [2.75, 3.05) is 13.1 Å². The molecule has 0 radical (unpaired) electrons. The second-order valence-corrected chi connectivity index (χ2v) is 7.88. The SMILES string of the molecule is CCCCCCCCCCCCCCCCCC(=O)N(CC(N)=O)CC(N)=O. The molecule has 0 aromatic rings. The summed E-state index contributed by atoms with van der Waals surface area (Å²) in [6.45, 7) is 1.76. The maximum Gasteiger partial charge on any atom is 0.237 e. The molecular formula is C22H43N3O3. The van der Waals surface area contributed by atoms with Crippen LogP contribution in [0.2, 0.25) is 0 Å². The molecule has 0 unspecified atom stereocenters. The minimum atomic E-state index is -0.633. The summed E-state index contributed by atoms with van der Waals surface area (Å²) in [4.78, 5) is 35.2. The summed E-state index contributed by atoms with van der Waals surface area (Å²) in [6.07, 6.45) is 19.3. The normalized spacial score (nSPS) is 10.8. The average molecular weight is 398 g/mol. The van der Waals surface area contributed by atoms with E-state index in [9.17, 15) is 14.4 Å². The zero-order valence-corrected chi connectivity index (χ0v) is 18.1. The second-order valence-electron chi connectivity index (χ2n) is 7.88. The number of primary amides is 2. The van der Waals surface area contributed by atoms with Gasteiger partial charge in [-0.3, -0.25) is 14.4 Å². The Morgan fingerprint density at radius 1 is 0.571 bits per heavy atom. The van der Waals surface area contributed by atoms with E-state index in [1.54, 1.807) is 0 Å². The molecule has 0 fully saturated rings. The van der Waals surface area contributed by atoms with E-state index in [1.807, 2.05) is 0 Å². The first-order valence-electron chi connectivity index (χ1n) is 11.3. The van der Waals surface area contributed by atoms with Crippen molar-refractivity contribution in [3.05, 3.63) is 0 Å². The Balaban J connectivity index is 3.49. The number of nitrogens with zero attached hydrogens (tertiary/aromatic N) is 1. The maximum atomic E-state index is 12.1. The highest BCUT2D eigenvalue weighted by Gasteiger charge is 2.17. The van der Waals surface area contributed by atoms with Gasteiger partial charge in [-0.05, 0) is 6.42 Å². The molecule has 0 aliphatic carbocycles. The summed E-state index contributed by atoms with van der Waals surface area (Å²) in [5.74, 6) is -1.50. The maximum absolute atomic E-state index is 12.1. The van der Waals surface area contributed by atoms with Crippen LogP contribution in [0, 0.1) is 0 Å². The third-order valence-corrected chi connectivity index (χ3v) is 5.04. The van der Waals surface area contributed by atoms with Gasteiger partial charge in [-0.25, -0.2) is 0 Å². The number of unbranched alkanes of at least 4 members (excludes halogenated alkanes) is 14. The van der Waals surface area contributed by atoms with Crippen LogP contribution in [0.25, 0.3) is 0 Å². The van der Waals surface area contributed by atoms with E-state index in [4.69, 9.17) is 11.5 Å². The fourth-order valence-corrected chi connectivity index (χ4v) is 3.41. The predicted molar refractivity (Wildman–Crippen MR) is 115 cm³/mol. The monoisotopic (exact) mass is 397 g/mol. The Hall–Kier alpha value is -1.59. The molecule has 0 aliphatic rings. The van der Waals surface area contributed by atoms with Gasteiger partial charge in [-0.2, -0.15) is 0 Å². The van der Waals surface area contributed by atoms with Crippen molar-refractivity contribution in [1.82, 2.24) is 4.90 Å². The van der Waals surface area contributed by atoms with Crippen molar-refractivity contribution in [3.63, 3.8) is 0 Å². The van der Waals surface area contributed by atoms with Gasteiger partial charge in [0.25, 0.3) is 0 Å². The molecule has 0 aromatic heterocycles. The Morgan fingerprint density at radius 2 is 0.893 bits per heavy atom. The molecule has 0 bridgehead atoms. The molecule has 6 nitrogen and oxygen atoms in total. The Bertz CT molecular complexity index is 411. The van der Waals surface area contributed by atoms with E-state index in [1.165, 1.54) is 77.0 Å². The Morgan fingerprint density at radius 3 is 1.21 bits per heavy atom. The highest BCUT2D eigenvalue weighted by Crippen LogP contribution is 2.14. The van der Waals surface area contributed by atoms with Crippen molar-refractivity contribution >= 4 is 17.7 Å². The van der Waals surface area contributed by atoms with E-state index >= 15 is 0 Å². The van der Waals surface area contributed by atoms with E-state index in [-0.39, 0.29) is 19.0 Å². The van der Waals surface area contributed by atoms with Crippen molar-refractivity contribution in [1.29, 1.82) is 0 Å². The van der Waals surface area contributed by atoms with Crippen molar-refractivity contribution in [3.8, 4) is 0 Å². The number of carbonyl (C=O) groups is 3. The lowest BCUT2D eigenvalue weighted by Crippen LogP contribution is -2.43. The third-order valence-electron chi connectivity index (χ3n) is 5.04. The molecule has 3 amide bonds. The first kappa shape index (κ1) is 26.4. The number of rotatable bonds is 20. The van der Waals surface area contributed by atoms with Crippen LogP contribution >= 0.6 is 0 Å². The quantitative estimate of drug-likeness (QED) is 0.303. The molecule has 0 aromatic carbocycles. The topological polar surface area (TPSA) is 106 Å². The number of carbonyl (C=O) groups excluding carboxylic acids is 3. The van der Waals surface area contributed by atoms with Crippen molar-refractivity contribution in [2.45, 2.75) is 110 Å². The lowest BCUT2D eigenvalue weighted by Gasteiger charge is -2.19. The first-order valence-corrected chi connectivity index (χ1v) is 11.3. The summed E-state index contributed by atoms with van der Waals surface area (Å²) in [5, 5.41) is 0. The van der Waals surface area contributed by atoms with Gasteiger partial charge in [0.05, 0.1) is 13.1 Å². The standard InChI is InChI=1S/C22H43N3O3/c1-2-3-4-5-6-7-8-9-10-11-12-13-14-15-16-17-22(28)25(18-20(23)26)19-21(24)27/h2-19H2,1H3,(H2,23,26)(H2,24,27). The summed E-state index contributed by atoms with van der Waals surface area (Å²) in [5.41, 5.74) is 10.2. The van der Waals surface area contributed by atoms with Crippen LogP contribution in [-0.4, -0.2) is 35.7 Å². The number of hydrogen-bond acceptors (Lipinski definition) is 3. The smallest absolute Gasteiger partial charge is 0.237 e. The first-order chi connectivity index (χ1) is 13.5. The number of nitrogens with two attached hydrogens (primary N) is 2. The zero-order valence-electron chi connectivity index (χ0n) is 18.1. The van der Waals surface area contributed by atoms with Crippen molar-refractivity contribution in [2.24, 2.45) is 11.5 Å². The number of amides is 3. The van der Waals surface area contributed by atoms with Gasteiger partial charge < -0.3 is 16.4 Å². The van der Waals surface area contributed by atoms with E-state index in [0.29, 0.717) is 6.42 Å². The minimum Gasteiger partial charge on any atom is -0.368 e. The van der Waals surface area contributed by atoms with Gasteiger partial charge in [0.15, 0.2) is 0 Å². The molecule has 0 rings (SSSR count). The van der Waals surface area contributed by atoms with Gasteiger partial charge >= 0.3 is 0 Å². The second kappa shape index (κ2) is 18.8. The lowest BCUT2D eigenvalue weighted by molar-refractivity contribution is -0.138. The average Bonchev–Trinajstić information content (AvgIpc) is 2.63. The molecule has 0 atom stereocenters. The van der Waals surface area contributed by atoms with Gasteiger partial charge in [-0.15, -0.1) is 0 Å². The molecule has 0 spiro atoms. The highest BCUT2D eigenvalue weighted by atomic mass is 16.2. The van der Waals surface area contributed by atoms with Gasteiger partial charge in [0.1, 0.15) is 0 Å². The highest BCUT2D eigenvalue weighted by molar-refractivity contribution is 5.87. The molecule has 164 valence electrons. The molecule has 0 saturated carbocycles. The van der Waals surface area contributed by atoms with Crippen LogP contribution in [-0.2, 0) is 14.4 Å². The predicted octanol–water partition coefficient (Wildman–Crippen LogP) is 4.05. The van der Waals surface area contributed by atoms with Crippen LogP contribution in [0.1, 0.15) is 110 Å². The zero-order chi connectivity index (χ0) is 21.0. The summed E-state index contributed by atoms with van der Waals surface area (Å²) < 4.78 is 0. The molecule has 0 saturated heterocycles. The molecule has 0 heterocycles. The molecule has 6 heteroatoms. The van der Waals surface area contributed by atoms with E-state index in [0.717, 1.165) is 24.2 Å². The fraction of sp³-hybridized carbons (Fsp3) is 0.864. The van der Waals surface area contributed by atoms with E-state index < -0.39 is 11.8 Å². The van der Waals surface area contributed by atoms with Crippen LogP contribution in [0.15, 0.2) is 0 Å². The van der Waals surface area contributed by atoms with Crippen molar-refractivity contribution < 1.29 is 14.4 Å². The minimum absolute atomic E-state index is 0.229. The van der Waals surface area contributed by atoms with E-state index in [2.05, 4.69) is 6.92 Å². The lowest BCUT2D eigenvalue weighted by atomic mass is 10.0. The van der Waals surface area contributed by atoms with Gasteiger partial charge in [-0.1, -0.05) is 96.8 Å². The summed E-state index contributed by atoms with van der Waals surface area (Å²) in [7, 11) is 0. The summed E-state index contributed by atoms with van der Waals surface area (Å²) >= 11 is 0. The van der Waals surface area contributed by atoms with Crippen LogP contribution in [0.4, 0.5) is 0 Å². The summed E-state index contributed by atoms with van der Waals surface area (Å²) in [6, 6.07) is 0. The molecular weight excluding hydrogens is 354 g/mol. The number of hydrogen-bond donors (Lipinski definition) is 2. The molecule has 4 N–H and O–H groups in total. The van der Waals surface area contributed by atoms with Crippen LogP contribution in [0.3, 0.4) is 0 Å². The third kappa shape index (κ3) is 17.8.